The van der Waals surface area contributed by atoms with E-state index in [1.807, 2.05) is 66.3 Å². The quantitative estimate of drug-likeness (QED) is 0.597. The van der Waals surface area contributed by atoms with Gasteiger partial charge < -0.3 is 9.88 Å². The zero-order valence-corrected chi connectivity index (χ0v) is 14.6. The summed E-state index contributed by atoms with van der Waals surface area (Å²) in [5, 5.41) is 4.03. The second kappa shape index (κ2) is 6.53. The molecule has 0 saturated carbocycles. The molecule has 3 aromatic heterocycles. The lowest BCUT2D eigenvalue weighted by Gasteiger charge is -2.08. The summed E-state index contributed by atoms with van der Waals surface area (Å²) in [5.41, 5.74) is 3.17. The Hall–Kier alpha value is -2.92. The Kier molecular flexibility index (Phi) is 4.07. The van der Waals surface area contributed by atoms with Crippen molar-refractivity contribution >= 4 is 27.5 Å². The lowest BCUT2D eigenvalue weighted by Crippen LogP contribution is -2.23. The summed E-state index contributed by atoms with van der Waals surface area (Å²) in [6, 6.07) is 16.0. The molecule has 0 aliphatic carbocycles. The van der Waals surface area contributed by atoms with E-state index >= 15 is 0 Å². The minimum atomic E-state index is -0.0757. The molecule has 0 saturated heterocycles. The molecule has 0 fully saturated rings. The number of nitrogens with zero attached hydrogens (tertiary/aromatic N) is 2. The molecule has 0 aliphatic heterocycles. The third kappa shape index (κ3) is 3.06. The summed E-state index contributed by atoms with van der Waals surface area (Å²) in [6.45, 7) is 2.56. The van der Waals surface area contributed by atoms with Crippen molar-refractivity contribution in [3.05, 3.63) is 83.1 Å². The Morgan fingerprint density at radius 2 is 2.00 bits per heavy atom. The van der Waals surface area contributed by atoms with E-state index in [1.165, 1.54) is 16.9 Å². The maximum Gasteiger partial charge on any atom is 0.263 e. The number of hydrogen-bond donors (Lipinski definition) is 1. The zero-order chi connectivity index (χ0) is 17.2. The lowest BCUT2D eigenvalue weighted by molar-refractivity contribution is 0.0955. The molecule has 0 bridgehead atoms. The molecule has 4 aromatic rings. The first-order valence-corrected chi connectivity index (χ1v) is 8.88. The fourth-order valence-corrected chi connectivity index (χ4v) is 3.96. The predicted molar refractivity (Wildman–Crippen MR) is 101 cm³/mol. The van der Waals surface area contributed by atoms with Crippen molar-refractivity contribution in [2.75, 3.05) is 0 Å². The van der Waals surface area contributed by atoms with Crippen molar-refractivity contribution in [2.45, 2.75) is 13.5 Å². The summed E-state index contributed by atoms with van der Waals surface area (Å²) in [6.07, 6.45) is 5.66. The van der Waals surface area contributed by atoms with E-state index < -0.39 is 0 Å². The summed E-state index contributed by atoms with van der Waals surface area (Å²) in [7, 11) is 0. The van der Waals surface area contributed by atoms with Crippen LogP contribution in [0.15, 0.2) is 67.1 Å². The van der Waals surface area contributed by atoms with Gasteiger partial charge in [0.25, 0.3) is 5.91 Å². The van der Waals surface area contributed by atoms with Gasteiger partial charge in [-0.15, -0.1) is 11.3 Å². The summed E-state index contributed by atoms with van der Waals surface area (Å²) < 4.78 is 1.97. The van der Waals surface area contributed by atoms with Crippen molar-refractivity contribution in [1.82, 2.24) is 14.9 Å². The average molecular weight is 347 g/mol. The highest BCUT2D eigenvalue weighted by molar-refractivity contribution is 7.21. The van der Waals surface area contributed by atoms with Crippen LogP contribution >= 0.6 is 11.3 Å². The van der Waals surface area contributed by atoms with Crippen LogP contribution < -0.4 is 5.32 Å². The normalized spacial score (nSPS) is 10.9. The number of benzene rings is 1. The molecule has 0 unspecified atom stereocenters. The zero-order valence-electron chi connectivity index (χ0n) is 13.8. The maximum atomic E-state index is 12.8. The molecule has 4 rings (SSSR count). The van der Waals surface area contributed by atoms with E-state index in [4.69, 9.17) is 0 Å². The Morgan fingerprint density at radius 1 is 1.16 bits per heavy atom. The average Bonchev–Trinajstić information content (AvgIpc) is 3.26. The van der Waals surface area contributed by atoms with Gasteiger partial charge in [0.2, 0.25) is 0 Å². The van der Waals surface area contributed by atoms with Crippen molar-refractivity contribution in [2.24, 2.45) is 0 Å². The lowest BCUT2D eigenvalue weighted by atomic mass is 10.1. The van der Waals surface area contributed by atoms with Gasteiger partial charge in [-0.3, -0.25) is 4.79 Å². The van der Waals surface area contributed by atoms with Crippen LogP contribution in [-0.2, 0) is 6.54 Å². The Bertz CT molecular complexity index is 1030. The highest BCUT2D eigenvalue weighted by Gasteiger charge is 2.20. The molecule has 1 aromatic carbocycles. The van der Waals surface area contributed by atoms with Gasteiger partial charge in [-0.1, -0.05) is 29.8 Å². The Labute approximate surface area is 149 Å². The van der Waals surface area contributed by atoms with E-state index in [0.717, 1.165) is 21.5 Å². The third-order valence-corrected chi connectivity index (χ3v) is 5.15. The van der Waals surface area contributed by atoms with Crippen molar-refractivity contribution in [1.29, 1.82) is 0 Å². The number of fused-ring (bicyclic) bond motifs is 1. The Balaban J connectivity index is 1.68. The number of amides is 1. The van der Waals surface area contributed by atoms with Gasteiger partial charge in [-0.05, 0) is 36.8 Å². The minimum Gasteiger partial charge on any atom is -0.347 e. The van der Waals surface area contributed by atoms with Gasteiger partial charge in [0.15, 0.2) is 0 Å². The molecule has 3 heterocycles. The fraction of sp³-hybridized carbons (Fsp3) is 0.100. The molecule has 1 N–H and O–H groups in total. The smallest absolute Gasteiger partial charge is 0.263 e. The molecule has 0 radical (unpaired) electrons. The molecule has 25 heavy (non-hydrogen) atoms. The van der Waals surface area contributed by atoms with Crippen LogP contribution in [0.2, 0.25) is 0 Å². The monoisotopic (exact) mass is 347 g/mol. The first-order chi connectivity index (χ1) is 12.2. The molecule has 0 atom stereocenters. The molecule has 124 valence electrons. The molecule has 5 heteroatoms. The second-order valence-corrected chi connectivity index (χ2v) is 6.90. The first kappa shape index (κ1) is 15.6. The fourth-order valence-electron chi connectivity index (χ4n) is 2.90. The summed E-state index contributed by atoms with van der Waals surface area (Å²) >= 11 is 1.42. The number of aromatic nitrogens is 2. The second-order valence-electron chi connectivity index (χ2n) is 5.90. The van der Waals surface area contributed by atoms with Gasteiger partial charge in [-0.2, -0.15) is 0 Å². The Morgan fingerprint density at radius 3 is 2.80 bits per heavy atom. The summed E-state index contributed by atoms with van der Waals surface area (Å²) in [5.74, 6) is -0.0757. The van der Waals surface area contributed by atoms with Crippen LogP contribution in [0.3, 0.4) is 0 Å². The van der Waals surface area contributed by atoms with E-state index in [1.54, 1.807) is 6.20 Å². The van der Waals surface area contributed by atoms with E-state index in [0.29, 0.717) is 11.4 Å². The number of hydrogen-bond acceptors (Lipinski definition) is 3. The van der Waals surface area contributed by atoms with Crippen LogP contribution in [0.25, 0.3) is 15.9 Å². The van der Waals surface area contributed by atoms with E-state index in [9.17, 15) is 4.79 Å². The van der Waals surface area contributed by atoms with Gasteiger partial charge in [0, 0.05) is 30.5 Å². The highest BCUT2D eigenvalue weighted by Crippen LogP contribution is 2.33. The van der Waals surface area contributed by atoms with Crippen molar-refractivity contribution in [3.63, 3.8) is 0 Å². The highest BCUT2D eigenvalue weighted by atomic mass is 32.1. The minimum absolute atomic E-state index is 0.0757. The SMILES string of the molecule is Cc1cccc(CNC(=O)c2sc3ncccc3c2-n2cccc2)c1. The number of pyridine rings is 1. The van der Waals surface area contributed by atoms with Gasteiger partial charge in [-0.25, -0.2) is 4.98 Å². The standard InChI is InChI=1S/C20H17N3OS/c1-14-6-4-7-15(12-14)13-22-19(24)18-17(23-10-2-3-11-23)16-8-5-9-21-20(16)25-18/h2-12H,13H2,1H3,(H,22,24). The molecule has 4 nitrogen and oxygen atoms in total. The van der Waals surface area contributed by atoms with Gasteiger partial charge in [0.05, 0.1) is 5.69 Å². The van der Waals surface area contributed by atoms with E-state index in [-0.39, 0.29) is 5.91 Å². The van der Waals surface area contributed by atoms with Crippen molar-refractivity contribution < 1.29 is 4.79 Å². The van der Waals surface area contributed by atoms with E-state index in [2.05, 4.69) is 16.4 Å². The number of carbonyl (C=O) groups excluding carboxylic acids is 1. The number of carbonyl (C=O) groups is 1. The number of aryl methyl sites for hydroxylation is 1. The summed E-state index contributed by atoms with van der Waals surface area (Å²) in [4.78, 5) is 18.8. The topological polar surface area (TPSA) is 46.9 Å². The number of nitrogens with one attached hydrogen (secondary N) is 1. The van der Waals surface area contributed by atoms with Crippen molar-refractivity contribution in [3.8, 4) is 5.69 Å². The molecule has 0 spiro atoms. The number of rotatable bonds is 4. The van der Waals surface area contributed by atoms with Crippen LogP contribution in [0, 0.1) is 6.92 Å². The van der Waals surface area contributed by atoms with Crippen LogP contribution in [0.1, 0.15) is 20.8 Å². The largest absolute Gasteiger partial charge is 0.347 e. The van der Waals surface area contributed by atoms with Crippen LogP contribution in [0.4, 0.5) is 0 Å². The van der Waals surface area contributed by atoms with Gasteiger partial charge in [0.1, 0.15) is 9.71 Å². The first-order valence-electron chi connectivity index (χ1n) is 8.07. The van der Waals surface area contributed by atoms with Crippen LogP contribution in [-0.4, -0.2) is 15.5 Å². The van der Waals surface area contributed by atoms with Crippen LogP contribution in [0.5, 0.6) is 0 Å². The molecule has 1 amide bonds. The molecular weight excluding hydrogens is 330 g/mol. The maximum absolute atomic E-state index is 12.8. The number of thiophene rings is 1. The molecular formula is C20H17N3OS. The third-order valence-electron chi connectivity index (χ3n) is 4.04. The van der Waals surface area contributed by atoms with Gasteiger partial charge >= 0.3 is 0 Å². The molecule has 0 aliphatic rings. The predicted octanol–water partition coefficient (Wildman–Crippen LogP) is 4.33.